The van der Waals surface area contributed by atoms with Gasteiger partial charge in [-0.15, -0.1) is 5.10 Å². The van der Waals surface area contributed by atoms with Gasteiger partial charge in [0.25, 0.3) is 0 Å². The van der Waals surface area contributed by atoms with Crippen LogP contribution in [0.3, 0.4) is 0 Å². The number of rotatable bonds is 8. The molecule has 0 radical (unpaired) electrons. The van der Waals surface area contributed by atoms with Gasteiger partial charge in [0.15, 0.2) is 9.84 Å². The van der Waals surface area contributed by atoms with Crippen LogP contribution < -0.4 is 4.74 Å². The lowest BCUT2D eigenvalue weighted by Crippen LogP contribution is -2.41. The molecule has 1 fully saturated rings. The molecule has 0 spiro atoms. The Kier molecular flexibility index (Phi) is 6.75. The number of carbonyl (C=O) groups excluding carboxylic acids is 1. The van der Waals surface area contributed by atoms with E-state index in [2.05, 4.69) is 15.5 Å². The van der Waals surface area contributed by atoms with E-state index in [0.29, 0.717) is 23.9 Å². The second-order valence-electron chi connectivity index (χ2n) is 7.42. The maximum absolute atomic E-state index is 13.2. The summed E-state index contributed by atoms with van der Waals surface area (Å²) in [7, 11) is -1.53. The molecule has 1 atom stereocenters. The Bertz CT molecular complexity index is 1170. The molecule has 32 heavy (non-hydrogen) atoms. The Morgan fingerprint density at radius 1 is 1.19 bits per heavy atom. The molecule has 11 heteroatoms. The molecule has 9 nitrogen and oxygen atoms in total. The molecule has 168 valence electrons. The fourth-order valence-electron chi connectivity index (χ4n) is 3.59. The molecule has 1 amide bonds. The third kappa shape index (κ3) is 5.28. The van der Waals surface area contributed by atoms with Crippen molar-refractivity contribution in [3.63, 3.8) is 0 Å². The van der Waals surface area contributed by atoms with Gasteiger partial charge in [0.1, 0.15) is 5.75 Å². The van der Waals surface area contributed by atoms with Gasteiger partial charge in [-0.1, -0.05) is 42.1 Å². The summed E-state index contributed by atoms with van der Waals surface area (Å²) in [6.45, 7) is 0.365. The lowest BCUT2D eigenvalue weighted by atomic mass is 10.1. The highest BCUT2D eigenvalue weighted by atomic mass is 32.2. The summed E-state index contributed by atoms with van der Waals surface area (Å²) >= 11 is 1.22. The lowest BCUT2D eigenvalue weighted by molar-refractivity contribution is -0.130. The third-order valence-corrected chi connectivity index (χ3v) is 7.90. The number of aromatic nitrogens is 4. The van der Waals surface area contributed by atoms with E-state index in [1.54, 1.807) is 28.8 Å². The van der Waals surface area contributed by atoms with Crippen LogP contribution in [-0.4, -0.2) is 69.8 Å². The van der Waals surface area contributed by atoms with E-state index in [-0.39, 0.29) is 29.2 Å². The molecular formula is C21H23N5O4S2. The number of carbonyl (C=O) groups is 1. The fourth-order valence-corrected chi connectivity index (χ4v) is 6.09. The molecule has 1 aliphatic heterocycles. The SMILES string of the molecule is COc1ccc(-n2nnnc2SCC(=O)N(Cc2ccccc2)[C@@H]2CCS(=O)(=O)C2)cc1. The molecule has 0 aliphatic carbocycles. The first-order valence-corrected chi connectivity index (χ1v) is 12.9. The van der Waals surface area contributed by atoms with Crippen molar-refractivity contribution in [3.05, 3.63) is 60.2 Å². The van der Waals surface area contributed by atoms with Crippen molar-refractivity contribution in [2.75, 3.05) is 24.4 Å². The maximum atomic E-state index is 13.2. The van der Waals surface area contributed by atoms with Crippen molar-refractivity contribution in [1.29, 1.82) is 0 Å². The first kappa shape index (κ1) is 22.3. The van der Waals surface area contributed by atoms with Crippen molar-refractivity contribution in [2.24, 2.45) is 0 Å². The predicted octanol–water partition coefficient (Wildman–Crippen LogP) is 1.98. The first-order valence-electron chi connectivity index (χ1n) is 10.0. The summed E-state index contributed by atoms with van der Waals surface area (Å²) in [5.41, 5.74) is 1.70. The highest BCUT2D eigenvalue weighted by Crippen LogP contribution is 2.24. The van der Waals surface area contributed by atoms with Crippen molar-refractivity contribution < 1.29 is 17.9 Å². The minimum atomic E-state index is -3.12. The monoisotopic (exact) mass is 473 g/mol. The smallest absolute Gasteiger partial charge is 0.233 e. The Hall–Kier alpha value is -2.92. The Labute approximate surface area is 190 Å². The van der Waals surface area contributed by atoms with Gasteiger partial charge < -0.3 is 9.64 Å². The number of thioether (sulfide) groups is 1. The lowest BCUT2D eigenvalue weighted by Gasteiger charge is -2.28. The minimum Gasteiger partial charge on any atom is -0.497 e. The molecule has 0 bridgehead atoms. The molecule has 2 heterocycles. The quantitative estimate of drug-likeness (QED) is 0.457. The Morgan fingerprint density at radius 2 is 1.94 bits per heavy atom. The number of tetrazole rings is 1. The van der Waals surface area contributed by atoms with E-state index in [9.17, 15) is 13.2 Å². The average molecular weight is 474 g/mol. The van der Waals surface area contributed by atoms with E-state index < -0.39 is 9.84 Å². The van der Waals surface area contributed by atoms with Gasteiger partial charge in [-0.2, -0.15) is 4.68 Å². The molecule has 0 saturated carbocycles. The normalized spacial score (nSPS) is 17.2. The van der Waals surface area contributed by atoms with Gasteiger partial charge in [-0.25, -0.2) is 8.42 Å². The minimum absolute atomic E-state index is 0.000172. The van der Waals surface area contributed by atoms with E-state index in [4.69, 9.17) is 4.74 Å². The van der Waals surface area contributed by atoms with Crippen molar-refractivity contribution in [2.45, 2.75) is 24.2 Å². The molecule has 0 unspecified atom stereocenters. The standard InChI is InChI=1S/C21H23N5O4S2/c1-30-19-9-7-17(8-10-19)26-21(22-23-24-26)31-14-20(27)25(13-16-5-3-2-4-6-16)18-11-12-32(28,29)15-18/h2-10,18H,11-15H2,1H3/t18-/m1/s1. The number of nitrogens with zero attached hydrogens (tertiary/aromatic N) is 5. The fraction of sp³-hybridized carbons (Fsp3) is 0.333. The average Bonchev–Trinajstić information content (AvgIpc) is 3.42. The van der Waals surface area contributed by atoms with Crippen LogP contribution in [0.4, 0.5) is 0 Å². The Morgan fingerprint density at radius 3 is 2.59 bits per heavy atom. The van der Waals surface area contributed by atoms with Gasteiger partial charge >= 0.3 is 0 Å². The summed E-state index contributed by atoms with van der Waals surface area (Å²) in [6.07, 6.45) is 0.454. The summed E-state index contributed by atoms with van der Waals surface area (Å²) in [5, 5.41) is 12.3. The van der Waals surface area contributed by atoms with Gasteiger partial charge in [0.05, 0.1) is 30.1 Å². The first-order chi connectivity index (χ1) is 15.4. The molecular weight excluding hydrogens is 450 g/mol. The molecule has 3 aromatic rings. The summed E-state index contributed by atoms with van der Waals surface area (Å²) in [6, 6.07) is 16.5. The van der Waals surface area contributed by atoms with Gasteiger partial charge in [0, 0.05) is 12.6 Å². The van der Waals surface area contributed by atoms with Gasteiger partial charge in [-0.05, 0) is 46.7 Å². The van der Waals surface area contributed by atoms with Gasteiger partial charge in [-0.3, -0.25) is 4.79 Å². The highest BCUT2D eigenvalue weighted by Gasteiger charge is 2.34. The van der Waals surface area contributed by atoms with Crippen LogP contribution >= 0.6 is 11.8 Å². The number of amides is 1. The summed E-state index contributed by atoms with van der Waals surface area (Å²) in [5.74, 6) is 0.776. The second kappa shape index (κ2) is 9.70. The van der Waals surface area contributed by atoms with Crippen molar-refractivity contribution >= 4 is 27.5 Å². The van der Waals surface area contributed by atoms with Crippen molar-refractivity contribution in [3.8, 4) is 11.4 Å². The van der Waals surface area contributed by atoms with E-state index >= 15 is 0 Å². The van der Waals surface area contributed by atoms with Crippen LogP contribution in [0.5, 0.6) is 5.75 Å². The van der Waals surface area contributed by atoms with E-state index in [1.165, 1.54) is 11.8 Å². The summed E-state index contributed by atoms with van der Waals surface area (Å²) < 4.78 is 30.8. The predicted molar refractivity (Wildman–Crippen MR) is 120 cm³/mol. The molecule has 1 saturated heterocycles. The Balaban J connectivity index is 1.48. The number of hydrogen-bond acceptors (Lipinski definition) is 8. The zero-order valence-corrected chi connectivity index (χ0v) is 19.1. The third-order valence-electron chi connectivity index (χ3n) is 5.25. The number of ether oxygens (including phenoxy) is 1. The van der Waals surface area contributed by atoms with Crippen LogP contribution in [0.15, 0.2) is 59.8 Å². The van der Waals surface area contributed by atoms with E-state index in [0.717, 1.165) is 11.3 Å². The van der Waals surface area contributed by atoms with Crippen LogP contribution in [0, 0.1) is 0 Å². The number of hydrogen-bond donors (Lipinski definition) is 0. The van der Waals surface area contributed by atoms with Crippen LogP contribution in [-0.2, 0) is 21.2 Å². The van der Waals surface area contributed by atoms with Gasteiger partial charge in [0.2, 0.25) is 11.1 Å². The van der Waals surface area contributed by atoms with Crippen molar-refractivity contribution in [1.82, 2.24) is 25.1 Å². The number of benzene rings is 2. The van der Waals surface area contributed by atoms with E-state index in [1.807, 2.05) is 42.5 Å². The van der Waals surface area contributed by atoms with Crippen LogP contribution in [0.1, 0.15) is 12.0 Å². The van der Waals surface area contributed by atoms with Crippen LogP contribution in [0.25, 0.3) is 5.69 Å². The molecule has 4 rings (SSSR count). The largest absolute Gasteiger partial charge is 0.497 e. The molecule has 0 N–H and O–H groups in total. The maximum Gasteiger partial charge on any atom is 0.233 e. The highest BCUT2D eigenvalue weighted by molar-refractivity contribution is 7.99. The topological polar surface area (TPSA) is 107 Å². The number of methoxy groups -OCH3 is 1. The molecule has 1 aliphatic rings. The second-order valence-corrected chi connectivity index (χ2v) is 10.6. The number of sulfone groups is 1. The zero-order valence-electron chi connectivity index (χ0n) is 17.5. The molecule has 2 aromatic carbocycles. The van der Waals surface area contributed by atoms with Crippen LogP contribution in [0.2, 0.25) is 0 Å². The molecule has 1 aromatic heterocycles. The summed E-state index contributed by atoms with van der Waals surface area (Å²) in [4.78, 5) is 14.9. The zero-order chi connectivity index (χ0) is 22.6.